The van der Waals surface area contributed by atoms with E-state index in [9.17, 15) is 19.3 Å². The van der Waals surface area contributed by atoms with Crippen LogP contribution < -0.4 is 10.6 Å². The first-order valence-electron chi connectivity index (χ1n) is 5.57. The predicted molar refractivity (Wildman–Crippen MR) is 81.1 cm³/mol. The van der Waals surface area contributed by atoms with Gasteiger partial charge in [0.25, 0.3) is 11.6 Å². The third-order valence-electron chi connectivity index (χ3n) is 2.38. The first-order valence-corrected chi connectivity index (χ1v) is 6.86. The second-order valence-corrected chi connectivity index (χ2v) is 5.16. The van der Waals surface area contributed by atoms with Crippen molar-refractivity contribution in [2.75, 3.05) is 5.32 Å². The van der Waals surface area contributed by atoms with E-state index in [1.54, 1.807) is 17.5 Å². The number of nitro benzene ring substituents is 1. The Morgan fingerprint density at radius 2 is 2.14 bits per heavy atom. The van der Waals surface area contributed by atoms with Crippen LogP contribution >= 0.6 is 23.6 Å². The average Bonchev–Trinajstić information content (AvgIpc) is 2.95. The molecule has 21 heavy (non-hydrogen) atoms. The molecule has 9 heteroatoms. The van der Waals surface area contributed by atoms with Gasteiger partial charge in [0.1, 0.15) is 5.82 Å². The fraction of sp³-hybridized carbons (Fsp3) is 0. The van der Waals surface area contributed by atoms with Crippen LogP contribution in [0.5, 0.6) is 0 Å². The van der Waals surface area contributed by atoms with Crippen molar-refractivity contribution in [3.63, 3.8) is 0 Å². The molecule has 0 saturated heterocycles. The van der Waals surface area contributed by atoms with Crippen LogP contribution in [-0.4, -0.2) is 15.9 Å². The number of halogens is 1. The van der Waals surface area contributed by atoms with Gasteiger partial charge in [-0.25, -0.2) is 4.39 Å². The molecule has 0 aliphatic carbocycles. The number of rotatable bonds is 3. The number of benzene rings is 1. The summed E-state index contributed by atoms with van der Waals surface area (Å²) in [6, 6.07) is 6.30. The van der Waals surface area contributed by atoms with E-state index in [0.29, 0.717) is 4.88 Å². The Kier molecular flexibility index (Phi) is 4.55. The molecule has 0 bridgehead atoms. The maximum Gasteiger partial charge on any atom is 0.271 e. The van der Waals surface area contributed by atoms with Gasteiger partial charge in [0.15, 0.2) is 5.11 Å². The van der Waals surface area contributed by atoms with Gasteiger partial charge in [0.05, 0.1) is 15.5 Å². The number of hydrogen-bond donors (Lipinski definition) is 2. The molecule has 2 N–H and O–H groups in total. The maximum absolute atomic E-state index is 13.5. The Balaban J connectivity index is 2.07. The highest BCUT2D eigenvalue weighted by molar-refractivity contribution is 7.80. The fourth-order valence-electron chi connectivity index (χ4n) is 1.45. The lowest BCUT2D eigenvalue weighted by molar-refractivity contribution is -0.384. The van der Waals surface area contributed by atoms with Crippen molar-refractivity contribution in [3.05, 3.63) is 56.5 Å². The molecular weight excluding hydrogens is 317 g/mol. The monoisotopic (exact) mass is 325 g/mol. The number of nitrogens with one attached hydrogen (secondary N) is 2. The molecule has 0 fully saturated rings. The van der Waals surface area contributed by atoms with Crippen LogP contribution in [-0.2, 0) is 0 Å². The zero-order valence-corrected chi connectivity index (χ0v) is 12.0. The molecule has 0 radical (unpaired) electrons. The minimum absolute atomic E-state index is 0.146. The zero-order valence-electron chi connectivity index (χ0n) is 10.3. The molecule has 0 saturated carbocycles. The summed E-state index contributed by atoms with van der Waals surface area (Å²) in [5.41, 5.74) is -0.466. The van der Waals surface area contributed by atoms with Crippen LogP contribution in [0.2, 0.25) is 0 Å². The minimum atomic E-state index is -0.715. The minimum Gasteiger partial charge on any atom is -0.330 e. The summed E-state index contributed by atoms with van der Waals surface area (Å²) in [4.78, 5) is 22.2. The smallest absolute Gasteiger partial charge is 0.271 e. The molecular formula is C12H8FN3O3S2. The van der Waals surface area contributed by atoms with Crippen LogP contribution in [0, 0.1) is 15.9 Å². The molecule has 108 valence electrons. The Hall–Kier alpha value is -2.39. The van der Waals surface area contributed by atoms with Gasteiger partial charge in [-0.05, 0) is 29.7 Å². The number of anilines is 1. The van der Waals surface area contributed by atoms with Gasteiger partial charge in [-0.15, -0.1) is 11.3 Å². The van der Waals surface area contributed by atoms with Crippen LogP contribution in [0.25, 0.3) is 0 Å². The van der Waals surface area contributed by atoms with Crippen LogP contribution in [0.1, 0.15) is 9.67 Å². The van der Waals surface area contributed by atoms with Gasteiger partial charge in [0, 0.05) is 12.1 Å². The largest absolute Gasteiger partial charge is 0.330 e. The van der Waals surface area contributed by atoms with Gasteiger partial charge in [-0.1, -0.05) is 6.07 Å². The summed E-state index contributed by atoms with van der Waals surface area (Å²) in [6.07, 6.45) is 0. The van der Waals surface area contributed by atoms with Crippen LogP contribution in [0.4, 0.5) is 15.8 Å². The Morgan fingerprint density at radius 3 is 2.76 bits per heavy atom. The molecule has 0 unspecified atom stereocenters. The van der Waals surface area contributed by atoms with E-state index in [0.717, 1.165) is 18.2 Å². The first kappa shape index (κ1) is 15.0. The molecule has 1 aromatic heterocycles. The summed E-state index contributed by atoms with van der Waals surface area (Å²) in [7, 11) is 0. The normalized spacial score (nSPS) is 9.95. The zero-order chi connectivity index (χ0) is 15.4. The highest BCUT2D eigenvalue weighted by atomic mass is 32.1. The van der Waals surface area contributed by atoms with Crippen molar-refractivity contribution >= 4 is 45.9 Å². The van der Waals surface area contributed by atoms with Gasteiger partial charge in [-0.2, -0.15) is 0 Å². The Morgan fingerprint density at radius 1 is 1.38 bits per heavy atom. The number of carbonyl (C=O) groups excluding carboxylic acids is 1. The number of hydrogen-bond acceptors (Lipinski definition) is 5. The van der Waals surface area contributed by atoms with Crippen LogP contribution in [0.15, 0.2) is 35.7 Å². The van der Waals surface area contributed by atoms with Gasteiger partial charge >= 0.3 is 0 Å². The van der Waals surface area contributed by atoms with Crippen molar-refractivity contribution in [3.8, 4) is 0 Å². The summed E-state index contributed by atoms with van der Waals surface area (Å²) < 4.78 is 13.5. The molecule has 2 aromatic rings. The van der Waals surface area contributed by atoms with Crippen LogP contribution in [0.3, 0.4) is 0 Å². The van der Waals surface area contributed by atoms with Crippen molar-refractivity contribution in [1.82, 2.24) is 5.32 Å². The van der Waals surface area contributed by atoms with E-state index in [1.807, 2.05) is 0 Å². The summed E-state index contributed by atoms with van der Waals surface area (Å²) in [6.45, 7) is 0. The second kappa shape index (κ2) is 6.37. The lowest BCUT2D eigenvalue weighted by atomic mass is 10.2. The predicted octanol–water partition coefficient (Wildman–Crippen LogP) is 2.92. The standard InChI is InChI=1S/C12H8FN3O3S2/c13-8-4-3-7(16(18)19)6-9(8)14-12(20)15-11(17)10-2-1-5-21-10/h1-6H,(H2,14,15,17,20). The van der Waals surface area contributed by atoms with Gasteiger partial charge < -0.3 is 5.32 Å². The van der Waals surface area contributed by atoms with Crippen molar-refractivity contribution < 1.29 is 14.1 Å². The summed E-state index contributed by atoms with van der Waals surface area (Å²) in [5, 5.41) is 17.0. The summed E-state index contributed by atoms with van der Waals surface area (Å²) in [5.74, 6) is -1.15. The number of nitrogens with zero attached hydrogens (tertiary/aromatic N) is 1. The second-order valence-electron chi connectivity index (χ2n) is 3.81. The number of thiophene rings is 1. The third-order valence-corrected chi connectivity index (χ3v) is 3.45. The van der Waals surface area contributed by atoms with Crippen molar-refractivity contribution in [1.29, 1.82) is 0 Å². The molecule has 1 amide bonds. The van der Waals surface area contributed by atoms with E-state index in [2.05, 4.69) is 10.6 Å². The Labute approximate surface area is 127 Å². The molecule has 1 aromatic carbocycles. The average molecular weight is 325 g/mol. The SMILES string of the molecule is O=C(NC(=S)Nc1cc([N+](=O)[O-])ccc1F)c1cccs1. The molecule has 0 aliphatic heterocycles. The molecule has 0 spiro atoms. The number of nitro groups is 1. The quantitative estimate of drug-likeness (QED) is 0.515. The van der Waals surface area contributed by atoms with E-state index < -0.39 is 16.6 Å². The number of carbonyl (C=O) groups is 1. The highest BCUT2D eigenvalue weighted by Crippen LogP contribution is 2.21. The van der Waals surface area contributed by atoms with Gasteiger partial charge in [-0.3, -0.25) is 20.2 Å². The topological polar surface area (TPSA) is 84.3 Å². The van der Waals surface area contributed by atoms with Crippen molar-refractivity contribution in [2.45, 2.75) is 0 Å². The molecule has 2 rings (SSSR count). The highest BCUT2D eigenvalue weighted by Gasteiger charge is 2.13. The Bertz CT molecular complexity index is 704. The number of non-ortho nitro benzene ring substituents is 1. The van der Waals surface area contributed by atoms with Gasteiger partial charge in [0.2, 0.25) is 0 Å². The fourth-order valence-corrected chi connectivity index (χ4v) is 2.27. The third kappa shape index (κ3) is 3.80. The molecule has 0 aliphatic rings. The lowest BCUT2D eigenvalue weighted by Gasteiger charge is -2.09. The molecule has 0 atom stereocenters. The van der Waals surface area contributed by atoms with Crippen molar-refractivity contribution in [2.24, 2.45) is 0 Å². The van der Waals surface area contributed by atoms with E-state index in [4.69, 9.17) is 12.2 Å². The van der Waals surface area contributed by atoms with E-state index in [1.165, 1.54) is 11.3 Å². The first-order chi connectivity index (χ1) is 9.97. The maximum atomic E-state index is 13.5. The van der Waals surface area contributed by atoms with E-state index >= 15 is 0 Å². The van der Waals surface area contributed by atoms with E-state index in [-0.39, 0.29) is 16.5 Å². The molecule has 6 nitrogen and oxygen atoms in total. The number of thiocarbonyl (C=S) groups is 1. The number of amides is 1. The lowest BCUT2D eigenvalue weighted by Crippen LogP contribution is -2.33. The molecule has 1 heterocycles. The summed E-state index contributed by atoms with van der Waals surface area (Å²) >= 11 is 6.11.